The van der Waals surface area contributed by atoms with Crippen molar-refractivity contribution in [2.45, 2.75) is 20.0 Å². The molecule has 0 aliphatic rings. The van der Waals surface area contributed by atoms with Crippen LogP contribution in [-0.4, -0.2) is 39.4 Å². The molecule has 5 rings (SSSR count). The van der Waals surface area contributed by atoms with Crippen LogP contribution in [-0.2, 0) is 17.9 Å². The molecular formula is C28H25N5O6. The summed E-state index contributed by atoms with van der Waals surface area (Å²) in [6.45, 7) is 1.29. The van der Waals surface area contributed by atoms with E-state index >= 15 is 0 Å². The van der Waals surface area contributed by atoms with E-state index in [2.05, 4.69) is 15.5 Å². The zero-order valence-electron chi connectivity index (χ0n) is 21.5. The molecule has 0 unspecified atom stereocenters. The van der Waals surface area contributed by atoms with Crippen LogP contribution >= 0.6 is 0 Å². The van der Waals surface area contributed by atoms with E-state index in [0.29, 0.717) is 34.1 Å². The average molecular weight is 528 g/mol. The molecule has 11 nitrogen and oxygen atoms in total. The lowest BCUT2D eigenvalue weighted by molar-refractivity contribution is -0.116. The maximum Gasteiger partial charge on any atom is 0.332 e. The molecule has 0 spiro atoms. The Bertz CT molecular complexity index is 1790. The number of anilines is 1. The standard InChI is InChI=1S/C28H25N5O6/c1-17-8-13-23(38-3)21(14-17)29-24(34)15-32-22-7-5-4-6-20(22)27(35)33(28(32)36)16-25-30-26(31-39-25)18-9-11-19(37-2)12-10-18/h4-14H,15-16H2,1-3H3,(H,29,34). The number of ether oxygens (including phenoxy) is 2. The smallest absolute Gasteiger partial charge is 0.332 e. The predicted octanol–water partition coefficient (Wildman–Crippen LogP) is 3.23. The van der Waals surface area contributed by atoms with Gasteiger partial charge in [-0.1, -0.05) is 23.4 Å². The van der Waals surface area contributed by atoms with E-state index in [0.717, 1.165) is 10.1 Å². The number of para-hydroxylation sites is 1. The summed E-state index contributed by atoms with van der Waals surface area (Å²) in [5.74, 6) is 1.07. The van der Waals surface area contributed by atoms with Crippen LogP contribution in [0.4, 0.5) is 5.69 Å². The van der Waals surface area contributed by atoms with Crippen molar-refractivity contribution in [1.82, 2.24) is 19.3 Å². The van der Waals surface area contributed by atoms with E-state index in [1.54, 1.807) is 67.8 Å². The maximum absolute atomic E-state index is 13.5. The van der Waals surface area contributed by atoms with Crippen LogP contribution in [0.3, 0.4) is 0 Å². The average Bonchev–Trinajstić information content (AvgIpc) is 3.42. The Morgan fingerprint density at radius 2 is 1.74 bits per heavy atom. The van der Waals surface area contributed by atoms with Gasteiger partial charge >= 0.3 is 5.69 Å². The van der Waals surface area contributed by atoms with Gasteiger partial charge in [0, 0.05) is 5.56 Å². The predicted molar refractivity (Wildman–Crippen MR) is 144 cm³/mol. The van der Waals surface area contributed by atoms with Crippen LogP contribution in [0.5, 0.6) is 11.5 Å². The van der Waals surface area contributed by atoms with Gasteiger partial charge in [0.1, 0.15) is 24.6 Å². The van der Waals surface area contributed by atoms with Crippen LogP contribution < -0.4 is 26.0 Å². The first-order valence-electron chi connectivity index (χ1n) is 12.0. The summed E-state index contributed by atoms with van der Waals surface area (Å²) < 4.78 is 18.1. The van der Waals surface area contributed by atoms with Gasteiger partial charge in [-0.15, -0.1) is 0 Å². The summed E-state index contributed by atoms with van der Waals surface area (Å²) >= 11 is 0. The summed E-state index contributed by atoms with van der Waals surface area (Å²) in [4.78, 5) is 44.2. The van der Waals surface area contributed by atoms with E-state index in [-0.39, 0.29) is 24.4 Å². The van der Waals surface area contributed by atoms with Gasteiger partial charge in [0.25, 0.3) is 5.56 Å². The fourth-order valence-electron chi connectivity index (χ4n) is 4.23. The SMILES string of the molecule is COc1ccc(-c2noc(Cn3c(=O)c4ccccc4n(CC(=O)Nc4cc(C)ccc4OC)c3=O)n2)cc1. The summed E-state index contributed by atoms with van der Waals surface area (Å²) in [7, 11) is 3.07. The zero-order valence-corrected chi connectivity index (χ0v) is 21.5. The molecule has 0 saturated carbocycles. The third-order valence-electron chi connectivity index (χ3n) is 6.17. The molecule has 0 fully saturated rings. The van der Waals surface area contributed by atoms with Crippen molar-refractivity contribution in [3.8, 4) is 22.9 Å². The summed E-state index contributed by atoms with van der Waals surface area (Å²) in [6.07, 6.45) is 0. The van der Waals surface area contributed by atoms with Crippen LogP contribution in [0, 0.1) is 6.92 Å². The number of aromatic nitrogens is 4. The molecule has 1 N–H and O–H groups in total. The number of rotatable bonds is 8. The van der Waals surface area contributed by atoms with Gasteiger partial charge in [-0.25, -0.2) is 4.79 Å². The van der Waals surface area contributed by atoms with Crippen molar-refractivity contribution in [1.29, 1.82) is 0 Å². The van der Waals surface area contributed by atoms with Crippen LogP contribution in [0.2, 0.25) is 0 Å². The lowest BCUT2D eigenvalue weighted by Gasteiger charge is -2.14. The highest BCUT2D eigenvalue weighted by Gasteiger charge is 2.19. The minimum atomic E-state index is -0.686. The number of hydrogen-bond donors (Lipinski definition) is 1. The number of amides is 1. The van der Waals surface area contributed by atoms with Gasteiger partial charge in [0.05, 0.1) is 30.8 Å². The highest BCUT2D eigenvalue weighted by molar-refractivity contribution is 5.93. The molecule has 0 radical (unpaired) electrons. The number of carbonyl (C=O) groups excluding carboxylic acids is 1. The van der Waals surface area contributed by atoms with Crippen LogP contribution in [0.25, 0.3) is 22.3 Å². The topological polar surface area (TPSA) is 130 Å². The molecule has 2 aromatic heterocycles. The van der Waals surface area contributed by atoms with Crippen molar-refractivity contribution in [3.63, 3.8) is 0 Å². The molecule has 5 aromatic rings. The highest BCUT2D eigenvalue weighted by Crippen LogP contribution is 2.25. The van der Waals surface area contributed by atoms with Gasteiger partial charge in [-0.3, -0.25) is 18.7 Å². The third kappa shape index (κ3) is 5.14. The number of nitrogens with one attached hydrogen (secondary N) is 1. The largest absolute Gasteiger partial charge is 0.497 e. The first kappa shape index (κ1) is 25.5. The molecule has 0 aliphatic heterocycles. The monoisotopic (exact) mass is 527 g/mol. The van der Waals surface area contributed by atoms with Crippen molar-refractivity contribution >= 4 is 22.5 Å². The Hall–Kier alpha value is -5.19. The number of nitrogens with zero attached hydrogens (tertiary/aromatic N) is 4. The third-order valence-corrected chi connectivity index (χ3v) is 6.17. The zero-order chi connectivity index (χ0) is 27.5. The number of fused-ring (bicyclic) bond motifs is 1. The van der Waals surface area contributed by atoms with Gasteiger partial charge < -0.3 is 19.3 Å². The Labute approximate surface area is 222 Å². The lowest BCUT2D eigenvalue weighted by Crippen LogP contribution is -2.42. The first-order valence-corrected chi connectivity index (χ1v) is 12.0. The van der Waals surface area contributed by atoms with E-state index in [4.69, 9.17) is 14.0 Å². The van der Waals surface area contributed by atoms with E-state index in [1.165, 1.54) is 11.7 Å². The molecular weight excluding hydrogens is 502 g/mol. The van der Waals surface area contributed by atoms with Crippen LogP contribution in [0.1, 0.15) is 11.5 Å². The highest BCUT2D eigenvalue weighted by atomic mass is 16.5. The Kier molecular flexibility index (Phi) is 6.96. The summed E-state index contributed by atoms with van der Waals surface area (Å²) in [6, 6.07) is 19.0. The van der Waals surface area contributed by atoms with Crippen molar-refractivity contribution in [2.24, 2.45) is 0 Å². The number of methoxy groups -OCH3 is 2. The quantitative estimate of drug-likeness (QED) is 0.326. The molecule has 39 heavy (non-hydrogen) atoms. The van der Waals surface area contributed by atoms with Crippen molar-refractivity contribution in [3.05, 3.63) is 99.0 Å². The summed E-state index contributed by atoms with van der Waals surface area (Å²) in [5, 5.41) is 7.04. The second-order valence-electron chi connectivity index (χ2n) is 8.77. The van der Waals surface area contributed by atoms with E-state index < -0.39 is 17.2 Å². The minimum Gasteiger partial charge on any atom is -0.497 e. The molecule has 0 aliphatic carbocycles. The van der Waals surface area contributed by atoms with Gasteiger partial charge in [0.15, 0.2) is 0 Å². The molecule has 198 valence electrons. The molecule has 0 saturated heterocycles. The van der Waals surface area contributed by atoms with Gasteiger partial charge in [-0.05, 0) is 61.0 Å². The molecule has 3 aromatic carbocycles. The van der Waals surface area contributed by atoms with E-state index in [1.807, 2.05) is 13.0 Å². The van der Waals surface area contributed by atoms with Crippen LogP contribution in [0.15, 0.2) is 80.8 Å². The molecule has 2 heterocycles. The second-order valence-corrected chi connectivity index (χ2v) is 8.77. The normalized spacial score (nSPS) is 10.9. The second kappa shape index (κ2) is 10.7. The van der Waals surface area contributed by atoms with E-state index in [9.17, 15) is 14.4 Å². The number of hydrogen-bond acceptors (Lipinski definition) is 8. The number of benzene rings is 3. The molecule has 11 heteroatoms. The number of aryl methyl sites for hydroxylation is 1. The fraction of sp³-hybridized carbons (Fsp3) is 0.179. The molecule has 0 bridgehead atoms. The minimum absolute atomic E-state index is 0.0656. The fourth-order valence-corrected chi connectivity index (χ4v) is 4.23. The Morgan fingerprint density at radius 1 is 0.974 bits per heavy atom. The summed E-state index contributed by atoms with van der Waals surface area (Å²) in [5.41, 5.74) is 1.20. The van der Waals surface area contributed by atoms with Crippen molar-refractivity contribution in [2.75, 3.05) is 19.5 Å². The number of carbonyl (C=O) groups is 1. The van der Waals surface area contributed by atoms with Crippen molar-refractivity contribution < 1.29 is 18.8 Å². The molecule has 1 amide bonds. The van der Waals surface area contributed by atoms with Gasteiger partial charge in [-0.2, -0.15) is 4.98 Å². The Balaban J connectivity index is 1.48. The molecule has 0 atom stereocenters. The lowest BCUT2D eigenvalue weighted by atomic mass is 10.2. The van der Waals surface area contributed by atoms with Gasteiger partial charge in [0.2, 0.25) is 17.6 Å². The Morgan fingerprint density at radius 3 is 2.49 bits per heavy atom. The maximum atomic E-state index is 13.5. The first-order chi connectivity index (χ1) is 18.9.